The van der Waals surface area contributed by atoms with Crippen molar-refractivity contribution in [3.05, 3.63) is 0 Å². The minimum absolute atomic E-state index is 1.74. The summed E-state index contributed by atoms with van der Waals surface area (Å²) in [5.74, 6) is 0. The molecule has 1 heterocycles. The van der Waals surface area contributed by atoms with Crippen LogP contribution in [0.25, 0.3) is 0 Å². The van der Waals surface area contributed by atoms with E-state index in [1.165, 1.54) is 0 Å². The molecule has 0 radical (unpaired) electrons. The summed E-state index contributed by atoms with van der Waals surface area (Å²) in [6.07, 6.45) is -3.54. The topological polar surface area (TPSA) is 36.8 Å². The molecule has 0 aromatic rings. The monoisotopic (exact) mass is 107 g/mol. The molecular weight excluding hydrogens is 104 g/mol. The quantitative estimate of drug-likeness (QED) is 0.451. The summed E-state index contributed by atoms with van der Waals surface area (Å²) in [5.41, 5.74) is 1.79. The summed E-state index contributed by atoms with van der Waals surface area (Å²) in [5, 5.41) is 5.66. The molecule has 1 aliphatic rings. The lowest BCUT2D eigenvalue weighted by molar-refractivity contribution is 0.175. The molecule has 1 N–H and O–H groups in total. The maximum Gasteiger partial charge on any atom is 0.262 e. The molecule has 7 heavy (non-hydrogen) atoms. The van der Waals surface area contributed by atoms with Crippen LogP contribution in [0.3, 0.4) is 0 Å². The highest BCUT2D eigenvalue weighted by atomic mass is 19.2. The van der Waals surface area contributed by atoms with E-state index >= 15 is 0 Å². The molecule has 0 bridgehead atoms. The van der Waals surface area contributed by atoms with Crippen LogP contribution in [0, 0.1) is 0 Å². The van der Waals surface area contributed by atoms with E-state index < -0.39 is 12.6 Å². The SMILES string of the molecule is FC1N=NNC1F. The molecule has 5 heteroatoms. The predicted octanol–water partition coefficient (Wildman–Crippen LogP) is 0.548. The maximum atomic E-state index is 11.6. The van der Waals surface area contributed by atoms with E-state index in [9.17, 15) is 8.78 Å². The third-order valence-corrected chi connectivity index (χ3v) is 0.591. The van der Waals surface area contributed by atoms with Crippen molar-refractivity contribution in [2.24, 2.45) is 10.3 Å². The van der Waals surface area contributed by atoms with Gasteiger partial charge in [-0.25, -0.2) is 8.78 Å². The van der Waals surface area contributed by atoms with Gasteiger partial charge in [0.05, 0.1) is 0 Å². The van der Waals surface area contributed by atoms with E-state index in [0.29, 0.717) is 0 Å². The molecule has 40 valence electrons. The number of halogens is 2. The lowest BCUT2D eigenvalue weighted by atomic mass is 10.6. The van der Waals surface area contributed by atoms with Gasteiger partial charge in [-0.15, -0.1) is 5.11 Å². The number of hydrogen-bond donors (Lipinski definition) is 1. The highest BCUT2D eigenvalue weighted by Crippen LogP contribution is 2.07. The predicted molar refractivity (Wildman–Crippen MR) is 17.8 cm³/mol. The highest BCUT2D eigenvalue weighted by molar-refractivity contribution is 4.62. The number of nitrogens with one attached hydrogen (secondary N) is 1. The van der Waals surface area contributed by atoms with Crippen LogP contribution in [0.1, 0.15) is 0 Å². The number of alkyl halides is 2. The van der Waals surface area contributed by atoms with Gasteiger partial charge in [-0.3, -0.25) is 5.43 Å². The zero-order valence-corrected chi connectivity index (χ0v) is 3.31. The van der Waals surface area contributed by atoms with Gasteiger partial charge in [-0.1, -0.05) is 5.22 Å². The Kier molecular flexibility index (Phi) is 0.883. The summed E-state index contributed by atoms with van der Waals surface area (Å²) in [4.78, 5) is 0. The minimum Gasteiger partial charge on any atom is -0.254 e. The Bertz CT molecular complexity index is 92.9. The van der Waals surface area contributed by atoms with Crippen LogP contribution >= 0.6 is 0 Å². The van der Waals surface area contributed by atoms with Gasteiger partial charge < -0.3 is 0 Å². The molecule has 0 aliphatic carbocycles. The van der Waals surface area contributed by atoms with Crippen molar-refractivity contribution in [2.45, 2.75) is 12.6 Å². The van der Waals surface area contributed by atoms with Crippen molar-refractivity contribution in [2.75, 3.05) is 0 Å². The van der Waals surface area contributed by atoms with Crippen LogP contribution in [0.4, 0.5) is 8.78 Å². The Morgan fingerprint density at radius 1 is 1.43 bits per heavy atom. The van der Waals surface area contributed by atoms with E-state index in [1.807, 2.05) is 0 Å². The van der Waals surface area contributed by atoms with Crippen molar-refractivity contribution in [1.29, 1.82) is 0 Å². The van der Waals surface area contributed by atoms with Gasteiger partial charge in [0.25, 0.3) is 6.30 Å². The molecule has 0 spiro atoms. The average Bonchev–Trinajstić information content (AvgIpc) is 1.91. The third-order valence-electron chi connectivity index (χ3n) is 0.591. The van der Waals surface area contributed by atoms with Crippen LogP contribution in [0.15, 0.2) is 10.3 Å². The fraction of sp³-hybridized carbons (Fsp3) is 1.00. The zero-order chi connectivity index (χ0) is 5.28. The number of hydrogen-bond acceptors (Lipinski definition) is 3. The van der Waals surface area contributed by atoms with Crippen LogP contribution in [-0.2, 0) is 0 Å². The Morgan fingerprint density at radius 3 is 2.29 bits per heavy atom. The first-order valence-electron chi connectivity index (χ1n) is 1.74. The Labute approximate surface area is 38.4 Å². The van der Waals surface area contributed by atoms with Gasteiger partial charge >= 0.3 is 0 Å². The van der Waals surface area contributed by atoms with Gasteiger partial charge in [-0.2, -0.15) is 0 Å². The summed E-state index contributed by atoms with van der Waals surface area (Å²) >= 11 is 0. The van der Waals surface area contributed by atoms with Gasteiger partial charge in [0.1, 0.15) is 0 Å². The molecule has 2 unspecified atom stereocenters. The molecular formula is C2H3F2N3. The standard InChI is InChI=1S/C2H3F2N3/c3-1-2(4)6-7-5-1/h1-2H,(H,5,6). The molecule has 3 nitrogen and oxygen atoms in total. The molecule has 0 saturated heterocycles. The van der Waals surface area contributed by atoms with Crippen molar-refractivity contribution < 1.29 is 8.78 Å². The zero-order valence-electron chi connectivity index (χ0n) is 3.31. The molecule has 0 amide bonds. The maximum absolute atomic E-state index is 11.6. The molecule has 1 rings (SSSR count). The van der Waals surface area contributed by atoms with E-state index in [4.69, 9.17) is 0 Å². The molecule has 0 saturated carbocycles. The van der Waals surface area contributed by atoms with E-state index in [-0.39, 0.29) is 0 Å². The average molecular weight is 107 g/mol. The van der Waals surface area contributed by atoms with Gasteiger partial charge in [0, 0.05) is 0 Å². The summed E-state index contributed by atoms with van der Waals surface area (Å²) in [6.45, 7) is 0. The summed E-state index contributed by atoms with van der Waals surface area (Å²) < 4.78 is 23.3. The Balaban J connectivity index is 2.45. The lowest BCUT2D eigenvalue weighted by Gasteiger charge is -1.94. The van der Waals surface area contributed by atoms with Crippen LogP contribution in [-0.4, -0.2) is 12.6 Å². The van der Waals surface area contributed by atoms with Crippen molar-refractivity contribution in [3.8, 4) is 0 Å². The molecule has 1 aliphatic heterocycles. The van der Waals surface area contributed by atoms with Gasteiger partial charge in [-0.05, 0) is 0 Å². The highest BCUT2D eigenvalue weighted by Gasteiger charge is 2.23. The Morgan fingerprint density at radius 2 is 2.14 bits per heavy atom. The first-order valence-corrected chi connectivity index (χ1v) is 1.74. The number of nitrogens with zero attached hydrogens (tertiary/aromatic N) is 2. The van der Waals surface area contributed by atoms with E-state index in [1.54, 1.807) is 5.43 Å². The summed E-state index contributed by atoms with van der Waals surface area (Å²) in [7, 11) is 0. The normalized spacial score (nSPS) is 38.6. The van der Waals surface area contributed by atoms with E-state index in [0.717, 1.165) is 0 Å². The summed E-state index contributed by atoms with van der Waals surface area (Å²) in [6, 6.07) is 0. The third kappa shape index (κ3) is 0.652. The minimum atomic E-state index is -1.81. The van der Waals surface area contributed by atoms with E-state index in [2.05, 4.69) is 10.3 Å². The van der Waals surface area contributed by atoms with Crippen molar-refractivity contribution in [3.63, 3.8) is 0 Å². The van der Waals surface area contributed by atoms with Gasteiger partial charge in [0.2, 0.25) is 6.30 Å². The smallest absolute Gasteiger partial charge is 0.254 e. The lowest BCUT2D eigenvalue weighted by Crippen LogP contribution is -2.21. The van der Waals surface area contributed by atoms with Crippen molar-refractivity contribution >= 4 is 0 Å². The molecule has 0 aromatic carbocycles. The first kappa shape index (κ1) is 4.42. The number of rotatable bonds is 0. The fourth-order valence-corrected chi connectivity index (χ4v) is 0.264. The molecule has 2 atom stereocenters. The van der Waals surface area contributed by atoms with Crippen LogP contribution < -0.4 is 5.43 Å². The van der Waals surface area contributed by atoms with Crippen LogP contribution in [0.2, 0.25) is 0 Å². The van der Waals surface area contributed by atoms with Gasteiger partial charge in [0.15, 0.2) is 0 Å². The largest absolute Gasteiger partial charge is 0.262 e. The second-order valence-corrected chi connectivity index (χ2v) is 1.12. The first-order chi connectivity index (χ1) is 3.30. The second kappa shape index (κ2) is 1.40. The van der Waals surface area contributed by atoms with Crippen molar-refractivity contribution in [1.82, 2.24) is 5.43 Å². The van der Waals surface area contributed by atoms with Crippen LogP contribution in [0.5, 0.6) is 0 Å². The fourth-order valence-electron chi connectivity index (χ4n) is 0.264. The Hall–Kier alpha value is -0.740. The second-order valence-electron chi connectivity index (χ2n) is 1.12. The molecule has 0 aromatic heterocycles. The molecule has 0 fully saturated rings.